The molecule has 0 saturated carbocycles. The third-order valence-electron chi connectivity index (χ3n) is 7.90. The van der Waals surface area contributed by atoms with Gasteiger partial charge < -0.3 is 0 Å². The summed E-state index contributed by atoms with van der Waals surface area (Å²) in [4.78, 5) is 4.59. The zero-order valence-corrected chi connectivity index (χ0v) is 19.5. The Labute approximate surface area is 206 Å². The van der Waals surface area contributed by atoms with Crippen molar-refractivity contribution < 1.29 is 0 Å². The topological polar surface area (TPSA) is 12.9 Å². The fraction of sp³-hybridized carbons (Fsp3) is 0.0882. The standard InChI is InChI=1S/C34H25N/c1-2-23-10-12-24(13-11-23)25-16-17-30-29-7-3-4-8-31(29)34(32(30)20-25)21-27-15-14-26(19-28(27)22-34)33-9-5-6-18-35-33/h2-20H,1,21-22H2. The molecule has 2 aliphatic rings. The Hall–Kier alpha value is -4.23. The SMILES string of the molecule is C=Cc1ccc(-c2ccc3c(c2)C2(Cc4ccc(-c5ccccn5)cc4C2)c2ccccc2-3)cc1. The summed E-state index contributed by atoms with van der Waals surface area (Å²) in [5, 5.41) is 0. The number of pyridine rings is 1. The van der Waals surface area contributed by atoms with Gasteiger partial charge in [0.1, 0.15) is 0 Å². The molecule has 1 aromatic heterocycles. The molecule has 1 nitrogen and oxygen atoms in total. The molecule has 5 aromatic rings. The summed E-state index contributed by atoms with van der Waals surface area (Å²) < 4.78 is 0. The first-order valence-electron chi connectivity index (χ1n) is 12.3. The lowest BCUT2D eigenvalue weighted by molar-refractivity contribution is 0.564. The zero-order chi connectivity index (χ0) is 23.4. The van der Waals surface area contributed by atoms with Crippen LogP contribution in [0.2, 0.25) is 0 Å². The van der Waals surface area contributed by atoms with E-state index in [0.29, 0.717) is 0 Å². The van der Waals surface area contributed by atoms with E-state index in [0.717, 1.165) is 24.1 Å². The molecule has 0 radical (unpaired) electrons. The van der Waals surface area contributed by atoms with Crippen LogP contribution in [-0.4, -0.2) is 4.98 Å². The Morgan fingerprint density at radius 3 is 2.20 bits per heavy atom. The summed E-state index contributed by atoms with van der Waals surface area (Å²) in [6.45, 7) is 3.89. The van der Waals surface area contributed by atoms with E-state index in [4.69, 9.17) is 0 Å². The highest BCUT2D eigenvalue weighted by Crippen LogP contribution is 2.56. The van der Waals surface area contributed by atoms with Gasteiger partial charge in [-0.15, -0.1) is 0 Å². The van der Waals surface area contributed by atoms with Crippen LogP contribution < -0.4 is 0 Å². The van der Waals surface area contributed by atoms with Crippen molar-refractivity contribution in [2.45, 2.75) is 18.3 Å². The fourth-order valence-electron chi connectivity index (χ4n) is 6.20. The molecule has 1 heteroatoms. The molecule has 1 atom stereocenters. The first-order chi connectivity index (χ1) is 17.2. The number of nitrogens with zero attached hydrogens (tertiary/aromatic N) is 1. The number of fused-ring (bicyclic) bond motifs is 6. The number of hydrogen-bond acceptors (Lipinski definition) is 1. The van der Waals surface area contributed by atoms with Crippen LogP contribution in [-0.2, 0) is 18.3 Å². The van der Waals surface area contributed by atoms with Crippen LogP contribution in [0.5, 0.6) is 0 Å². The second-order valence-corrected chi connectivity index (χ2v) is 9.77. The molecule has 7 rings (SSSR count). The summed E-state index contributed by atoms with van der Waals surface area (Å²) >= 11 is 0. The summed E-state index contributed by atoms with van der Waals surface area (Å²) in [6.07, 6.45) is 5.82. The Morgan fingerprint density at radius 2 is 1.37 bits per heavy atom. The lowest BCUT2D eigenvalue weighted by Gasteiger charge is -2.27. The van der Waals surface area contributed by atoms with Gasteiger partial charge in [0.2, 0.25) is 0 Å². The molecule has 0 N–H and O–H groups in total. The minimum absolute atomic E-state index is 0.0198. The predicted octanol–water partition coefficient (Wildman–Crippen LogP) is 8.12. The highest BCUT2D eigenvalue weighted by Gasteiger charge is 2.47. The number of hydrogen-bond donors (Lipinski definition) is 0. The van der Waals surface area contributed by atoms with Crippen molar-refractivity contribution in [3.05, 3.63) is 144 Å². The second kappa shape index (κ2) is 7.65. The van der Waals surface area contributed by atoms with Crippen molar-refractivity contribution in [2.24, 2.45) is 0 Å². The summed E-state index contributed by atoms with van der Waals surface area (Å²) in [5.41, 5.74) is 14.5. The van der Waals surface area contributed by atoms with Crippen molar-refractivity contribution in [1.82, 2.24) is 4.98 Å². The third kappa shape index (κ3) is 3.05. The third-order valence-corrected chi connectivity index (χ3v) is 7.90. The van der Waals surface area contributed by atoms with E-state index in [1.807, 2.05) is 18.3 Å². The molecule has 0 aliphatic heterocycles. The zero-order valence-electron chi connectivity index (χ0n) is 19.5. The quantitative estimate of drug-likeness (QED) is 0.272. The van der Waals surface area contributed by atoms with E-state index in [1.165, 1.54) is 50.1 Å². The van der Waals surface area contributed by atoms with Crippen molar-refractivity contribution >= 4 is 6.08 Å². The molecule has 166 valence electrons. The number of benzene rings is 4. The van der Waals surface area contributed by atoms with Gasteiger partial charge in [0.15, 0.2) is 0 Å². The van der Waals surface area contributed by atoms with Gasteiger partial charge in [-0.05, 0) is 87.2 Å². The van der Waals surface area contributed by atoms with E-state index >= 15 is 0 Å². The minimum atomic E-state index is -0.0198. The van der Waals surface area contributed by atoms with Crippen molar-refractivity contribution in [3.63, 3.8) is 0 Å². The highest BCUT2D eigenvalue weighted by molar-refractivity contribution is 5.85. The maximum absolute atomic E-state index is 4.59. The van der Waals surface area contributed by atoms with Crippen LogP contribution in [0.4, 0.5) is 0 Å². The summed E-state index contributed by atoms with van der Waals surface area (Å²) in [7, 11) is 0. The average molecular weight is 448 g/mol. The highest BCUT2D eigenvalue weighted by atomic mass is 14.7. The van der Waals surface area contributed by atoms with Crippen LogP contribution >= 0.6 is 0 Å². The predicted molar refractivity (Wildman–Crippen MR) is 145 cm³/mol. The van der Waals surface area contributed by atoms with Gasteiger partial charge in [0.05, 0.1) is 5.69 Å². The molecular formula is C34H25N. The molecule has 2 aliphatic carbocycles. The Bertz CT molecular complexity index is 1590. The molecule has 4 aromatic carbocycles. The van der Waals surface area contributed by atoms with Gasteiger partial charge in [-0.2, -0.15) is 0 Å². The molecule has 1 spiro atoms. The molecule has 0 amide bonds. The fourth-order valence-corrected chi connectivity index (χ4v) is 6.20. The van der Waals surface area contributed by atoms with E-state index in [9.17, 15) is 0 Å². The van der Waals surface area contributed by atoms with Crippen molar-refractivity contribution in [3.8, 4) is 33.5 Å². The number of rotatable bonds is 3. The minimum Gasteiger partial charge on any atom is -0.256 e. The second-order valence-electron chi connectivity index (χ2n) is 9.77. The first kappa shape index (κ1) is 20.2. The van der Waals surface area contributed by atoms with E-state index in [1.54, 1.807) is 0 Å². The summed E-state index contributed by atoms with van der Waals surface area (Å²) in [6, 6.07) is 37.8. The molecule has 1 heterocycles. The molecule has 1 unspecified atom stereocenters. The van der Waals surface area contributed by atoms with Crippen LogP contribution in [0, 0.1) is 0 Å². The molecule has 0 fully saturated rings. The van der Waals surface area contributed by atoms with Gasteiger partial charge >= 0.3 is 0 Å². The van der Waals surface area contributed by atoms with Gasteiger partial charge in [-0.1, -0.05) is 91.5 Å². The lowest BCUT2D eigenvalue weighted by Crippen LogP contribution is -2.25. The molecule has 0 saturated heterocycles. The maximum Gasteiger partial charge on any atom is 0.0702 e. The van der Waals surface area contributed by atoms with Crippen LogP contribution in [0.3, 0.4) is 0 Å². The molecule has 0 bridgehead atoms. The summed E-state index contributed by atoms with van der Waals surface area (Å²) in [5.74, 6) is 0. The normalized spacial score (nSPS) is 17.1. The molecule has 35 heavy (non-hydrogen) atoms. The van der Waals surface area contributed by atoms with E-state index in [2.05, 4.69) is 109 Å². The smallest absolute Gasteiger partial charge is 0.0702 e. The Balaban J connectivity index is 1.37. The van der Waals surface area contributed by atoms with Gasteiger partial charge in [-0.25, -0.2) is 0 Å². The van der Waals surface area contributed by atoms with Crippen LogP contribution in [0.25, 0.3) is 39.6 Å². The van der Waals surface area contributed by atoms with Gasteiger partial charge in [-0.3, -0.25) is 4.98 Å². The van der Waals surface area contributed by atoms with Gasteiger partial charge in [0, 0.05) is 17.2 Å². The van der Waals surface area contributed by atoms with Crippen molar-refractivity contribution in [1.29, 1.82) is 0 Å². The van der Waals surface area contributed by atoms with E-state index in [-0.39, 0.29) is 5.41 Å². The first-order valence-corrected chi connectivity index (χ1v) is 12.3. The lowest BCUT2D eigenvalue weighted by atomic mass is 9.75. The van der Waals surface area contributed by atoms with Crippen LogP contribution in [0.15, 0.2) is 116 Å². The number of aromatic nitrogens is 1. The van der Waals surface area contributed by atoms with Gasteiger partial charge in [0.25, 0.3) is 0 Å². The Morgan fingerprint density at radius 1 is 0.629 bits per heavy atom. The van der Waals surface area contributed by atoms with Crippen molar-refractivity contribution in [2.75, 3.05) is 0 Å². The molecular weight excluding hydrogens is 422 g/mol. The monoisotopic (exact) mass is 447 g/mol. The van der Waals surface area contributed by atoms with Crippen LogP contribution in [0.1, 0.15) is 27.8 Å². The maximum atomic E-state index is 4.59. The van der Waals surface area contributed by atoms with E-state index < -0.39 is 0 Å². The Kier molecular flexibility index (Phi) is 4.41. The largest absolute Gasteiger partial charge is 0.256 e. The average Bonchev–Trinajstić information content (AvgIpc) is 3.44.